The van der Waals surface area contributed by atoms with Crippen LogP contribution in [0.4, 0.5) is 4.39 Å². The highest BCUT2D eigenvalue weighted by Gasteiger charge is 2.21. The van der Waals surface area contributed by atoms with Gasteiger partial charge in [0, 0.05) is 11.6 Å². The van der Waals surface area contributed by atoms with E-state index in [-0.39, 0.29) is 11.2 Å². The standard InChI is InChI=1S/C11H14FNS/c1-8-6-7-14-11(13-8)9-4-2-3-5-10(9)12/h2-5,8,11,13H,6-7H2,1H3. The van der Waals surface area contributed by atoms with Gasteiger partial charge in [0.25, 0.3) is 0 Å². The number of hydrogen-bond donors (Lipinski definition) is 1. The maximum atomic E-state index is 13.4. The fraction of sp³-hybridized carbons (Fsp3) is 0.455. The zero-order valence-electron chi connectivity index (χ0n) is 8.16. The zero-order chi connectivity index (χ0) is 9.97. The van der Waals surface area contributed by atoms with Crippen molar-refractivity contribution in [2.45, 2.75) is 24.8 Å². The van der Waals surface area contributed by atoms with E-state index in [1.54, 1.807) is 17.8 Å². The lowest BCUT2D eigenvalue weighted by Gasteiger charge is -2.28. The molecule has 14 heavy (non-hydrogen) atoms. The summed E-state index contributed by atoms with van der Waals surface area (Å²) in [6.45, 7) is 2.15. The molecule has 0 amide bonds. The van der Waals surface area contributed by atoms with Crippen LogP contribution in [-0.4, -0.2) is 11.8 Å². The first kappa shape index (κ1) is 9.99. The third-order valence-corrected chi connectivity index (χ3v) is 3.65. The second-order valence-electron chi connectivity index (χ2n) is 3.63. The molecule has 0 radical (unpaired) electrons. The summed E-state index contributed by atoms with van der Waals surface area (Å²) in [5.74, 6) is 0.999. The zero-order valence-corrected chi connectivity index (χ0v) is 8.98. The first-order chi connectivity index (χ1) is 6.77. The van der Waals surface area contributed by atoms with Crippen LogP contribution in [0.3, 0.4) is 0 Å². The summed E-state index contributed by atoms with van der Waals surface area (Å²) in [5.41, 5.74) is 0.782. The average molecular weight is 211 g/mol. The van der Waals surface area contributed by atoms with E-state index < -0.39 is 0 Å². The Morgan fingerprint density at radius 3 is 2.93 bits per heavy atom. The van der Waals surface area contributed by atoms with Crippen molar-refractivity contribution in [1.29, 1.82) is 0 Å². The number of thioether (sulfide) groups is 1. The minimum atomic E-state index is -0.105. The van der Waals surface area contributed by atoms with Gasteiger partial charge in [-0.1, -0.05) is 18.2 Å². The molecular formula is C11H14FNS. The Balaban J connectivity index is 2.18. The molecule has 2 rings (SSSR count). The molecule has 1 N–H and O–H groups in total. The largest absolute Gasteiger partial charge is 0.299 e. The molecule has 76 valence electrons. The second kappa shape index (κ2) is 4.32. The third kappa shape index (κ3) is 2.10. The van der Waals surface area contributed by atoms with Crippen LogP contribution in [-0.2, 0) is 0 Å². The summed E-state index contributed by atoms with van der Waals surface area (Å²) < 4.78 is 13.4. The first-order valence-electron chi connectivity index (χ1n) is 4.89. The lowest BCUT2D eigenvalue weighted by molar-refractivity contribution is 0.496. The monoisotopic (exact) mass is 211 g/mol. The quantitative estimate of drug-likeness (QED) is 0.766. The minimum Gasteiger partial charge on any atom is -0.299 e. The second-order valence-corrected chi connectivity index (χ2v) is 4.84. The van der Waals surface area contributed by atoms with Gasteiger partial charge in [0.05, 0.1) is 5.37 Å². The molecular weight excluding hydrogens is 197 g/mol. The Labute approximate surface area is 88.1 Å². The lowest BCUT2D eigenvalue weighted by atomic mass is 10.2. The molecule has 2 unspecified atom stereocenters. The van der Waals surface area contributed by atoms with Crippen molar-refractivity contribution in [2.75, 3.05) is 5.75 Å². The molecule has 0 bridgehead atoms. The summed E-state index contributed by atoms with van der Waals surface area (Å²) in [6, 6.07) is 7.49. The van der Waals surface area contributed by atoms with Gasteiger partial charge < -0.3 is 0 Å². The van der Waals surface area contributed by atoms with Gasteiger partial charge in [-0.3, -0.25) is 5.32 Å². The summed E-state index contributed by atoms with van der Waals surface area (Å²) in [6.07, 6.45) is 1.16. The van der Waals surface area contributed by atoms with Crippen LogP contribution in [0.2, 0.25) is 0 Å². The molecule has 2 atom stereocenters. The van der Waals surface area contributed by atoms with E-state index in [4.69, 9.17) is 0 Å². The molecule has 1 nitrogen and oxygen atoms in total. The molecule has 1 aromatic carbocycles. The molecule has 1 heterocycles. The summed E-state index contributed by atoms with van der Waals surface area (Å²) >= 11 is 1.78. The Morgan fingerprint density at radius 2 is 2.21 bits per heavy atom. The van der Waals surface area contributed by atoms with Crippen molar-refractivity contribution in [3.8, 4) is 0 Å². The number of halogens is 1. The summed E-state index contributed by atoms with van der Waals surface area (Å²) in [5, 5.41) is 3.52. The van der Waals surface area contributed by atoms with Crippen LogP contribution in [0, 0.1) is 5.82 Å². The molecule has 1 aromatic rings. The normalized spacial score (nSPS) is 27.6. The van der Waals surface area contributed by atoms with Crippen LogP contribution in [0.5, 0.6) is 0 Å². The fourth-order valence-corrected chi connectivity index (χ4v) is 3.04. The number of benzene rings is 1. The van der Waals surface area contributed by atoms with Crippen molar-refractivity contribution < 1.29 is 4.39 Å². The van der Waals surface area contributed by atoms with Crippen LogP contribution in [0.25, 0.3) is 0 Å². The smallest absolute Gasteiger partial charge is 0.128 e. The maximum Gasteiger partial charge on any atom is 0.128 e. The van der Waals surface area contributed by atoms with Crippen molar-refractivity contribution in [2.24, 2.45) is 0 Å². The van der Waals surface area contributed by atoms with Crippen LogP contribution < -0.4 is 5.32 Å². The third-order valence-electron chi connectivity index (χ3n) is 2.46. The topological polar surface area (TPSA) is 12.0 Å². The van der Waals surface area contributed by atoms with E-state index in [9.17, 15) is 4.39 Å². The van der Waals surface area contributed by atoms with Gasteiger partial charge in [0.15, 0.2) is 0 Å². The molecule has 0 aromatic heterocycles. The Kier molecular flexibility index (Phi) is 3.08. The maximum absolute atomic E-state index is 13.4. The van der Waals surface area contributed by atoms with Crippen LogP contribution in [0.1, 0.15) is 24.3 Å². The van der Waals surface area contributed by atoms with E-state index in [2.05, 4.69) is 12.2 Å². The molecule has 0 aliphatic carbocycles. The summed E-state index contributed by atoms with van der Waals surface area (Å²) in [7, 11) is 0. The Hall–Kier alpha value is -0.540. The molecule has 1 aliphatic heterocycles. The van der Waals surface area contributed by atoms with Crippen molar-refractivity contribution in [3.63, 3.8) is 0 Å². The molecule has 1 aliphatic rings. The summed E-state index contributed by atoms with van der Waals surface area (Å²) in [4.78, 5) is 0. The van der Waals surface area contributed by atoms with E-state index >= 15 is 0 Å². The number of rotatable bonds is 1. The SMILES string of the molecule is CC1CCSC(c2ccccc2F)N1. The molecule has 0 spiro atoms. The molecule has 3 heteroatoms. The molecule has 0 saturated carbocycles. The predicted molar refractivity (Wildman–Crippen MR) is 58.8 cm³/mol. The van der Waals surface area contributed by atoms with Gasteiger partial charge in [-0.25, -0.2) is 4.39 Å². The highest BCUT2D eigenvalue weighted by Crippen LogP contribution is 2.32. The lowest BCUT2D eigenvalue weighted by Crippen LogP contribution is -2.33. The van der Waals surface area contributed by atoms with Crippen LogP contribution >= 0.6 is 11.8 Å². The van der Waals surface area contributed by atoms with Crippen molar-refractivity contribution in [3.05, 3.63) is 35.6 Å². The predicted octanol–water partition coefficient (Wildman–Crippen LogP) is 2.94. The highest BCUT2D eigenvalue weighted by molar-refractivity contribution is 7.99. The van der Waals surface area contributed by atoms with Gasteiger partial charge in [-0.2, -0.15) is 0 Å². The van der Waals surface area contributed by atoms with Crippen molar-refractivity contribution in [1.82, 2.24) is 5.32 Å². The highest BCUT2D eigenvalue weighted by atomic mass is 32.2. The van der Waals surface area contributed by atoms with E-state index in [0.717, 1.165) is 17.7 Å². The fourth-order valence-electron chi connectivity index (χ4n) is 1.62. The first-order valence-corrected chi connectivity index (χ1v) is 5.94. The Morgan fingerprint density at radius 1 is 1.43 bits per heavy atom. The van der Waals surface area contributed by atoms with E-state index in [1.165, 1.54) is 6.07 Å². The molecule has 1 saturated heterocycles. The van der Waals surface area contributed by atoms with E-state index in [1.807, 2.05) is 12.1 Å². The average Bonchev–Trinajstić information content (AvgIpc) is 2.18. The van der Waals surface area contributed by atoms with Gasteiger partial charge >= 0.3 is 0 Å². The van der Waals surface area contributed by atoms with Gasteiger partial charge in [0.1, 0.15) is 5.82 Å². The van der Waals surface area contributed by atoms with Gasteiger partial charge in [0.2, 0.25) is 0 Å². The minimum absolute atomic E-state index is 0.105. The van der Waals surface area contributed by atoms with Crippen molar-refractivity contribution >= 4 is 11.8 Å². The van der Waals surface area contributed by atoms with Gasteiger partial charge in [-0.05, 0) is 25.2 Å². The van der Waals surface area contributed by atoms with Gasteiger partial charge in [-0.15, -0.1) is 11.8 Å². The number of hydrogen-bond acceptors (Lipinski definition) is 2. The Bertz CT molecular complexity index is 316. The molecule has 1 fully saturated rings. The van der Waals surface area contributed by atoms with E-state index in [0.29, 0.717) is 6.04 Å². The van der Waals surface area contributed by atoms with Crippen LogP contribution in [0.15, 0.2) is 24.3 Å². The number of nitrogens with one attached hydrogen (secondary N) is 1.